The highest BCUT2D eigenvalue weighted by Gasteiger charge is 2.15. The average molecular weight is 243 g/mol. The highest BCUT2D eigenvalue weighted by molar-refractivity contribution is 7.10. The van der Waals surface area contributed by atoms with Crippen molar-refractivity contribution in [1.82, 2.24) is 0 Å². The molecular formula is C11H8ClFOS. The number of benzene rings is 1. The van der Waals surface area contributed by atoms with Crippen molar-refractivity contribution in [3.05, 3.63) is 57.0 Å². The van der Waals surface area contributed by atoms with Crippen LogP contribution in [0.4, 0.5) is 4.39 Å². The summed E-state index contributed by atoms with van der Waals surface area (Å²) in [5.41, 5.74) is 0.213. The second-order valence-corrected chi connectivity index (χ2v) is 4.50. The van der Waals surface area contributed by atoms with Crippen LogP contribution in [0.15, 0.2) is 35.7 Å². The molecule has 1 unspecified atom stereocenters. The molecule has 0 saturated carbocycles. The minimum absolute atomic E-state index is 0.213. The van der Waals surface area contributed by atoms with E-state index in [0.29, 0.717) is 9.90 Å². The van der Waals surface area contributed by atoms with E-state index >= 15 is 0 Å². The molecule has 1 aromatic carbocycles. The van der Waals surface area contributed by atoms with Gasteiger partial charge < -0.3 is 5.11 Å². The Labute approximate surface area is 95.8 Å². The fourth-order valence-electron chi connectivity index (χ4n) is 1.32. The quantitative estimate of drug-likeness (QED) is 0.853. The van der Waals surface area contributed by atoms with Gasteiger partial charge in [-0.1, -0.05) is 17.7 Å². The van der Waals surface area contributed by atoms with Crippen molar-refractivity contribution in [2.75, 3.05) is 0 Å². The van der Waals surface area contributed by atoms with Gasteiger partial charge in [0.2, 0.25) is 0 Å². The summed E-state index contributed by atoms with van der Waals surface area (Å²) in [6.45, 7) is 0. The van der Waals surface area contributed by atoms with Crippen molar-refractivity contribution in [2.24, 2.45) is 0 Å². The van der Waals surface area contributed by atoms with Gasteiger partial charge in [-0.15, -0.1) is 11.3 Å². The number of halogens is 2. The van der Waals surface area contributed by atoms with Crippen LogP contribution in [0, 0.1) is 5.82 Å². The summed E-state index contributed by atoms with van der Waals surface area (Å²) in [4.78, 5) is 0.705. The Kier molecular flexibility index (Phi) is 3.05. The lowest BCUT2D eigenvalue weighted by molar-refractivity contribution is 0.219. The molecule has 1 heterocycles. The molecule has 1 aromatic heterocycles. The first kappa shape index (κ1) is 10.6. The maximum atomic E-state index is 13.4. The summed E-state index contributed by atoms with van der Waals surface area (Å²) in [6.07, 6.45) is -0.941. The fraction of sp³-hybridized carbons (Fsp3) is 0.0909. The minimum Gasteiger partial charge on any atom is -0.383 e. The molecule has 4 heteroatoms. The van der Waals surface area contributed by atoms with Gasteiger partial charge in [-0.2, -0.15) is 0 Å². The summed E-state index contributed by atoms with van der Waals surface area (Å²) in [5, 5.41) is 12.2. The van der Waals surface area contributed by atoms with Crippen LogP contribution in [0.5, 0.6) is 0 Å². The van der Waals surface area contributed by atoms with E-state index in [1.807, 2.05) is 11.4 Å². The third kappa shape index (κ3) is 2.20. The normalized spacial score (nSPS) is 12.7. The van der Waals surface area contributed by atoms with Gasteiger partial charge in [-0.3, -0.25) is 0 Å². The Morgan fingerprint density at radius 1 is 1.33 bits per heavy atom. The van der Waals surface area contributed by atoms with Crippen LogP contribution in [-0.4, -0.2) is 5.11 Å². The van der Waals surface area contributed by atoms with Crippen LogP contribution in [0.3, 0.4) is 0 Å². The summed E-state index contributed by atoms with van der Waals surface area (Å²) < 4.78 is 13.4. The highest BCUT2D eigenvalue weighted by Crippen LogP contribution is 2.29. The maximum Gasteiger partial charge on any atom is 0.129 e. The molecule has 0 radical (unpaired) electrons. The van der Waals surface area contributed by atoms with E-state index in [9.17, 15) is 9.50 Å². The number of thiophene rings is 1. The Morgan fingerprint density at radius 3 is 2.80 bits per heavy atom. The topological polar surface area (TPSA) is 20.2 Å². The van der Waals surface area contributed by atoms with Gasteiger partial charge in [0.25, 0.3) is 0 Å². The van der Waals surface area contributed by atoms with Crippen LogP contribution < -0.4 is 0 Å². The minimum atomic E-state index is -0.941. The number of aliphatic hydroxyl groups is 1. The molecule has 1 nitrogen and oxygen atoms in total. The first-order chi connectivity index (χ1) is 7.18. The Morgan fingerprint density at radius 2 is 2.13 bits per heavy atom. The smallest absolute Gasteiger partial charge is 0.129 e. The third-order valence-electron chi connectivity index (χ3n) is 2.07. The number of hydrogen-bond acceptors (Lipinski definition) is 2. The monoisotopic (exact) mass is 242 g/mol. The number of rotatable bonds is 2. The molecule has 0 aliphatic heterocycles. The molecule has 0 aliphatic rings. The van der Waals surface area contributed by atoms with Crippen molar-refractivity contribution in [1.29, 1.82) is 0 Å². The molecule has 0 saturated heterocycles. The SMILES string of the molecule is OC(c1cccs1)c1cc(Cl)ccc1F. The van der Waals surface area contributed by atoms with Crippen molar-refractivity contribution < 1.29 is 9.50 Å². The molecule has 0 aliphatic carbocycles. The summed E-state index contributed by atoms with van der Waals surface area (Å²) in [5.74, 6) is -0.444. The standard InChI is InChI=1S/C11H8ClFOS/c12-7-3-4-9(13)8(6-7)11(14)10-2-1-5-15-10/h1-6,11,14H. The predicted octanol–water partition coefficient (Wildman–Crippen LogP) is 3.62. The maximum absolute atomic E-state index is 13.4. The van der Waals surface area contributed by atoms with Gasteiger partial charge in [-0.25, -0.2) is 4.39 Å². The zero-order valence-electron chi connectivity index (χ0n) is 7.65. The third-order valence-corrected chi connectivity index (χ3v) is 3.23. The van der Waals surface area contributed by atoms with Crippen molar-refractivity contribution in [3.63, 3.8) is 0 Å². The van der Waals surface area contributed by atoms with Gasteiger partial charge in [0.1, 0.15) is 11.9 Å². The molecule has 0 spiro atoms. The average Bonchev–Trinajstić information content (AvgIpc) is 2.74. The van der Waals surface area contributed by atoms with Crippen molar-refractivity contribution in [3.8, 4) is 0 Å². The van der Waals surface area contributed by atoms with Crippen LogP contribution in [-0.2, 0) is 0 Å². The fourth-order valence-corrected chi connectivity index (χ4v) is 2.23. The summed E-state index contributed by atoms with van der Waals surface area (Å²) in [7, 11) is 0. The molecule has 2 aromatic rings. The molecule has 1 atom stereocenters. The first-order valence-corrected chi connectivity index (χ1v) is 5.60. The van der Waals surface area contributed by atoms with Crippen LogP contribution in [0.2, 0.25) is 5.02 Å². The van der Waals surface area contributed by atoms with Gasteiger partial charge in [0.15, 0.2) is 0 Å². The van der Waals surface area contributed by atoms with Crippen LogP contribution in [0.1, 0.15) is 16.5 Å². The van der Waals surface area contributed by atoms with Crippen LogP contribution in [0.25, 0.3) is 0 Å². The first-order valence-electron chi connectivity index (χ1n) is 4.35. The summed E-state index contributed by atoms with van der Waals surface area (Å²) >= 11 is 7.13. The lowest BCUT2D eigenvalue weighted by Crippen LogP contribution is -2.00. The van der Waals surface area contributed by atoms with E-state index in [-0.39, 0.29) is 5.56 Å². The molecule has 0 bridgehead atoms. The molecule has 0 fully saturated rings. The van der Waals surface area contributed by atoms with Gasteiger partial charge >= 0.3 is 0 Å². The van der Waals surface area contributed by atoms with Crippen LogP contribution >= 0.6 is 22.9 Å². The highest BCUT2D eigenvalue weighted by atomic mass is 35.5. The van der Waals surface area contributed by atoms with E-state index in [0.717, 1.165) is 0 Å². The second kappa shape index (κ2) is 4.31. The summed E-state index contributed by atoms with van der Waals surface area (Å²) in [6, 6.07) is 7.73. The number of hydrogen-bond donors (Lipinski definition) is 1. The van der Waals surface area contributed by atoms with E-state index in [1.54, 1.807) is 6.07 Å². The second-order valence-electron chi connectivity index (χ2n) is 3.08. The van der Waals surface area contributed by atoms with Gasteiger partial charge in [-0.05, 0) is 29.6 Å². The van der Waals surface area contributed by atoms with Gasteiger partial charge in [0, 0.05) is 15.5 Å². The van der Waals surface area contributed by atoms with Gasteiger partial charge in [0.05, 0.1) is 0 Å². The van der Waals surface area contributed by atoms with E-state index in [2.05, 4.69) is 0 Å². The zero-order valence-corrected chi connectivity index (χ0v) is 9.23. The Bertz CT molecular complexity index is 456. The lowest BCUT2D eigenvalue weighted by atomic mass is 10.1. The van der Waals surface area contributed by atoms with E-state index < -0.39 is 11.9 Å². The molecular weight excluding hydrogens is 235 g/mol. The molecule has 15 heavy (non-hydrogen) atoms. The Balaban J connectivity index is 2.41. The zero-order chi connectivity index (χ0) is 10.8. The van der Waals surface area contributed by atoms with E-state index in [4.69, 9.17) is 11.6 Å². The molecule has 1 N–H and O–H groups in total. The molecule has 2 rings (SSSR count). The largest absolute Gasteiger partial charge is 0.383 e. The predicted molar refractivity (Wildman–Crippen MR) is 59.8 cm³/mol. The molecule has 0 amide bonds. The molecule has 78 valence electrons. The lowest BCUT2D eigenvalue weighted by Gasteiger charge is -2.10. The van der Waals surface area contributed by atoms with E-state index in [1.165, 1.54) is 29.5 Å². The van der Waals surface area contributed by atoms with Crippen molar-refractivity contribution >= 4 is 22.9 Å². The number of aliphatic hydroxyl groups excluding tert-OH is 1. The van der Waals surface area contributed by atoms with Crippen molar-refractivity contribution in [2.45, 2.75) is 6.10 Å². The Hall–Kier alpha value is -0.900.